The van der Waals surface area contributed by atoms with E-state index in [0.717, 1.165) is 29.0 Å². The van der Waals surface area contributed by atoms with Crippen molar-refractivity contribution in [3.8, 4) is 16.9 Å². The number of aryl methyl sites for hydroxylation is 1. The highest BCUT2D eigenvalue weighted by atomic mass is 19.1. The van der Waals surface area contributed by atoms with Gasteiger partial charge in [-0.05, 0) is 37.6 Å². The zero-order valence-electron chi connectivity index (χ0n) is 13.3. The molecule has 4 aromatic rings. The third kappa shape index (κ3) is 2.25. The average molecular weight is 322 g/mol. The van der Waals surface area contributed by atoms with E-state index in [4.69, 9.17) is 0 Å². The monoisotopic (exact) mass is 322 g/mol. The van der Waals surface area contributed by atoms with E-state index in [1.807, 2.05) is 35.9 Å². The Bertz CT molecular complexity index is 1030. The van der Waals surface area contributed by atoms with Gasteiger partial charge in [-0.1, -0.05) is 12.1 Å². The Kier molecular flexibility index (Phi) is 3.34. The van der Waals surface area contributed by atoms with E-state index in [-0.39, 0.29) is 5.69 Å². The first-order chi connectivity index (χ1) is 11.7. The molecular formula is C17H15FN6. The maximum atomic E-state index is 13.9. The molecule has 0 spiro atoms. The first-order valence-corrected chi connectivity index (χ1v) is 7.68. The van der Waals surface area contributed by atoms with Crippen molar-refractivity contribution >= 4 is 5.65 Å². The van der Waals surface area contributed by atoms with Crippen LogP contribution in [-0.2, 0) is 6.42 Å². The van der Waals surface area contributed by atoms with Crippen molar-refractivity contribution < 1.29 is 4.39 Å². The molecule has 4 heterocycles. The van der Waals surface area contributed by atoms with Crippen molar-refractivity contribution in [1.82, 2.24) is 29.4 Å². The molecule has 0 aliphatic rings. The molecule has 7 heteroatoms. The van der Waals surface area contributed by atoms with E-state index >= 15 is 0 Å². The summed E-state index contributed by atoms with van der Waals surface area (Å²) in [5.41, 5.74) is 4.55. The number of aromatic nitrogens is 6. The zero-order chi connectivity index (χ0) is 16.7. The Morgan fingerprint density at radius 1 is 1.17 bits per heavy atom. The molecule has 0 bridgehead atoms. The molecular weight excluding hydrogens is 307 g/mol. The molecule has 6 nitrogen and oxygen atoms in total. The third-order valence-electron chi connectivity index (χ3n) is 4.00. The van der Waals surface area contributed by atoms with Gasteiger partial charge >= 0.3 is 0 Å². The lowest BCUT2D eigenvalue weighted by atomic mass is 10.2. The third-order valence-corrected chi connectivity index (χ3v) is 4.00. The maximum absolute atomic E-state index is 13.9. The van der Waals surface area contributed by atoms with Crippen molar-refractivity contribution in [2.24, 2.45) is 0 Å². The fraction of sp³-hybridized carbons (Fsp3) is 0.176. The summed E-state index contributed by atoms with van der Waals surface area (Å²) >= 11 is 0. The van der Waals surface area contributed by atoms with Crippen LogP contribution in [0.5, 0.6) is 0 Å². The molecule has 0 amide bonds. The molecule has 120 valence electrons. The van der Waals surface area contributed by atoms with Crippen LogP contribution in [-0.4, -0.2) is 29.4 Å². The number of hydrogen-bond donors (Lipinski definition) is 0. The molecule has 0 radical (unpaired) electrons. The summed E-state index contributed by atoms with van der Waals surface area (Å²) in [5.74, 6) is -0.574. The topological polar surface area (TPSA) is 60.9 Å². The van der Waals surface area contributed by atoms with Gasteiger partial charge in [0.05, 0.1) is 11.4 Å². The molecule has 24 heavy (non-hydrogen) atoms. The lowest BCUT2D eigenvalue weighted by Crippen LogP contribution is -2.03. The number of nitrogens with zero attached hydrogens (tertiary/aromatic N) is 6. The maximum Gasteiger partial charge on any atom is 0.238 e. The van der Waals surface area contributed by atoms with Crippen LogP contribution < -0.4 is 0 Å². The van der Waals surface area contributed by atoms with E-state index in [1.165, 1.54) is 10.9 Å². The van der Waals surface area contributed by atoms with E-state index in [0.29, 0.717) is 5.69 Å². The predicted octanol–water partition coefficient (Wildman–Crippen LogP) is 2.99. The SMILES string of the molecule is CCc1cn2cc(-c3nnn(-c4cccnc4F)c3C)ccc2n1. The van der Waals surface area contributed by atoms with Gasteiger partial charge in [-0.25, -0.2) is 14.6 Å². The summed E-state index contributed by atoms with van der Waals surface area (Å²) in [7, 11) is 0. The molecule has 4 aromatic heterocycles. The van der Waals surface area contributed by atoms with Crippen LogP contribution >= 0.6 is 0 Å². The second-order valence-corrected chi connectivity index (χ2v) is 5.52. The lowest BCUT2D eigenvalue weighted by molar-refractivity contribution is 0.564. The molecule has 0 atom stereocenters. The van der Waals surface area contributed by atoms with Crippen molar-refractivity contribution in [2.75, 3.05) is 0 Å². The first-order valence-electron chi connectivity index (χ1n) is 7.68. The molecule has 0 unspecified atom stereocenters. The zero-order valence-corrected chi connectivity index (χ0v) is 13.3. The Morgan fingerprint density at radius 2 is 2.04 bits per heavy atom. The smallest absolute Gasteiger partial charge is 0.238 e. The minimum Gasteiger partial charge on any atom is -0.306 e. The van der Waals surface area contributed by atoms with Crippen molar-refractivity contribution in [3.05, 3.63) is 60.2 Å². The molecule has 0 aliphatic carbocycles. The van der Waals surface area contributed by atoms with E-state index < -0.39 is 5.95 Å². The predicted molar refractivity (Wildman–Crippen MR) is 87.4 cm³/mol. The van der Waals surface area contributed by atoms with Gasteiger partial charge in [0.25, 0.3) is 0 Å². The second kappa shape index (κ2) is 5.52. The molecule has 0 saturated heterocycles. The van der Waals surface area contributed by atoms with Gasteiger partial charge in [0.2, 0.25) is 5.95 Å². The average Bonchev–Trinajstić information content (AvgIpc) is 3.18. The molecule has 0 aromatic carbocycles. The Morgan fingerprint density at radius 3 is 2.83 bits per heavy atom. The highest BCUT2D eigenvalue weighted by Crippen LogP contribution is 2.24. The van der Waals surface area contributed by atoms with Crippen LogP contribution in [0.4, 0.5) is 4.39 Å². The number of pyridine rings is 2. The molecule has 4 rings (SSSR count). The van der Waals surface area contributed by atoms with Gasteiger partial charge in [0.15, 0.2) is 0 Å². The lowest BCUT2D eigenvalue weighted by Gasteiger charge is -2.04. The van der Waals surface area contributed by atoms with E-state index in [2.05, 4.69) is 27.2 Å². The van der Waals surface area contributed by atoms with Crippen LogP contribution in [0, 0.1) is 12.9 Å². The van der Waals surface area contributed by atoms with Crippen molar-refractivity contribution in [3.63, 3.8) is 0 Å². The first kappa shape index (κ1) is 14.5. The normalized spacial score (nSPS) is 11.3. The molecule has 0 fully saturated rings. The summed E-state index contributed by atoms with van der Waals surface area (Å²) in [6, 6.07) is 7.18. The number of rotatable bonds is 3. The van der Waals surface area contributed by atoms with Crippen LogP contribution in [0.3, 0.4) is 0 Å². The van der Waals surface area contributed by atoms with E-state index in [1.54, 1.807) is 12.1 Å². The fourth-order valence-electron chi connectivity index (χ4n) is 2.71. The van der Waals surface area contributed by atoms with Crippen LogP contribution in [0.2, 0.25) is 0 Å². The van der Waals surface area contributed by atoms with Crippen LogP contribution in [0.25, 0.3) is 22.6 Å². The number of fused-ring (bicyclic) bond motifs is 1. The van der Waals surface area contributed by atoms with Gasteiger partial charge in [0, 0.05) is 24.2 Å². The van der Waals surface area contributed by atoms with Crippen LogP contribution in [0.15, 0.2) is 42.9 Å². The Balaban J connectivity index is 1.82. The van der Waals surface area contributed by atoms with E-state index in [9.17, 15) is 4.39 Å². The molecule has 0 N–H and O–H groups in total. The summed E-state index contributed by atoms with van der Waals surface area (Å²) in [4.78, 5) is 8.18. The minimum atomic E-state index is -0.574. The van der Waals surface area contributed by atoms with Crippen molar-refractivity contribution in [1.29, 1.82) is 0 Å². The van der Waals surface area contributed by atoms with Gasteiger partial charge in [0.1, 0.15) is 17.0 Å². The van der Waals surface area contributed by atoms with Gasteiger partial charge in [-0.2, -0.15) is 4.39 Å². The molecule has 0 aliphatic heterocycles. The Labute approximate surface area is 137 Å². The summed E-state index contributed by atoms with van der Waals surface area (Å²) in [5, 5.41) is 8.31. The highest BCUT2D eigenvalue weighted by molar-refractivity contribution is 5.63. The van der Waals surface area contributed by atoms with Crippen LogP contribution in [0.1, 0.15) is 18.3 Å². The molecule has 0 saturated carbocycles. The largest absolute Gasteiger partial charge is 0.306 e. The summed E-state index contributed by atoms with van der Waals surface area (Å²) in [6.45, 7) is 3.93. The van der Waals surface area contributed by atoms with Crippen molar-refractivity contribution in [2.45, 2.75) is 20.3 Å². The summed E-state index contributed by atoms with van der Waals surface area (Å²) in [6.07, 6.45) is 6.25. The quantitative estimate of drug-likeness (QED) is 0.544. The fourth-order valence-corrected chi connectivity index (χ4v) is 2.71. The number of imidazole rings is 1. The Hall–Kier alpha value is -3.09. The van der Waals surface area contributed by atoms with Gasteiger partial charge < -0.3 is 4.40 Å². The minimum absolute atomic E-state index is 0.283. The highest BCUT2D eigenvalue weighted by Gasteiger charge is 2.15. The van der Waals surface area contributed by atoms with Gasteiger partial charge in [-0.15, -0.1) is 5.10 Å². The van der Waals surface area contributed by atoms with Gasteiger partial charge in [-0.3, -0.25) is 0 Å². The summed E-state index contributed by atoms with van der Waals surface area (Å²) < 4.78 is 17.3. The standard InChI is InChI=1S/C17H15FN6/c1-3-13-10-23-9-12(6-7-15(23)20-13)16-11(2)24(22-21-16)14-5-4-8-19-17(14)18/h4-10H,3H2,1-2H3. The second-order valence-electron chi connectivity index (χ2n) is 5.52. The number of hydrogen-bond acceptors (Lipinski definition) is 4. The number of halogens is 1.